The molecule has 24 heavy (non-hydrogen) atoms. The lowest BCUT2D eigenvalue weighted by atomic mass is 9.96. The summed E-state index contributed by atoms with van der Waals surface area (Å²) in [7, 11) is 0. The lowest BCUT2D eigenvalue weighted by molar-refractivity contribution is 0.0996. The van der Waals surface area contributed by atoms with Crippen molar-refractivity contribution >= 4 is 33.4 Å². The first kappa shape index (κ1) is 14.1. The maximum absolute atomic E-state index is 11.5. The largest absolute Gasteiger partial charge is 0.396 e. The summed E-state index contributed by atoms with van der Waals surface area (Å²) in [6, 6.07) is 9.82. The van der Waals surface area contributed by atoms with Crippen molar-refractivity contribution in [3.63, 3.8) is 0 Å². The number of amides is 1. The first-order valence-electron chi connectivity index (χ1n) is 7.34. The highest BCUT2D eigenvalue weighted by molar-refractivity contribution is 6.09. The number of aromatic amines is 1. The summed E-state index contributed by atoms with van der Waals surface area (Å²) in [5, 5.41) is 16.6. The van der Waals surface area contributed by atoms with Crippen molar-refractivity contribution in [2.75, 3.05) is 5.73 Å². The molecule has 4 aromatic rings. The van der Waals surface area contributed by atoms with Crippen molar-refractivity contribution in [2.45, 2.75) is 6.92 Å². The number of nitrogens with zero attached hydrogens (tertiary/aromatic N) is 3. The van der Waals surface area contributed by atoms with E-state index in [4.69, 9.17) is 11.5 Å². The van der Waals surface area contributed by atoms with Gasteiger partial charge in [-0.25, -0.2) is 0 Å². The Hall–Kier alpha value is -3.48. The van der Waals surface area contributed by atoms with E-state index in [2.05, 4.69) is 20.4 Å². The van der Waals surface area contributed by atoms with Gasteiger partial charge in [-0.05, 0) is 35.7 Å². The third kappa shape index (κ3) is 2.06. The number of nitrogens with two attached hydrogens (primary N) is 2. The third-order valence-electron chi connectivity index (χ3n) is 4.03. The van der Waals surface area contributed by atoms with Crippen molar-refractivity contribution in [3.05, 3.63) is 47.8 Å². The Morgan fingerprint density at radius 2 is 2.00 bits per heavy atom. The van der Waals surface area contributed by atoms with Gasteiger partial charge in [0.25, 0.3) is 5.91 Å². The zero-order chi connectivity index (χ0) is 16.8. The number of rotatable bonds is 2. The molecule has 2 aromatic heterocycles. The number of fused-ring (bicyclic) bond motifs is 2. The van der Waals surface area contributed by atoms with Gasteiger partial charge in [-0.3, -0.25) is 9.89 Å². The maximum Gasteiger partial charge on any atom is 0.271 e. The number of anilines is 1. The number of nitrogen functional groups attached to an aromatic ring is 1. The van der Waals surface area contributed by atoms with Gasteiger partial charge in [0.15, 0.2) is 5.69 Å². The summed E-state index contributed by atoms with van der Waals surface area (Å²) in [6.07, 6.45) is 1.76. The highest BCUT2D eigenvalue weighted by Gasteiger charge is 2.17. The normalized spacial score (nSPS) is 11.2. The summed E-state index contributed by atoms with van der Waals surface area (Å²) in [6.45, 7) is 1.97. The molecular weight excluding hydrogens is 304 g/mol. The molecule has 0 unspecified atom stereocenters. The van der Waals surface area contributed by atoms with Gasteiger partial charge in [0, 0.05) is 10.8 Å². The van der Waals surface area contributed by atoms with Crippen molar-refractivity contribution < 1.29 is 4.79 Å². The number of aryl methyl sites for hydroxylation is 1. The van der Waals surface area contributed by atoms with Crippen molar-refractivity contribution in [1.29, 1.82) is 0 Å². The van der Waals surface area contributed by atoms with E-state index in [-0.39, 0.29) is 11.4 Å². The monoisotopic (exact) mass is 318 g/mol. The maximum atomic E-state index is 11.5. The van der Waals surface area contributed by atoms with E-state index in [1.165, 1.54) is 0 Å². The number of primary amides is 1. The molecule has 1 amide bonds. The lowest BCUT2D eigenvalue weighted by Crippen LogP contribution is -2.17. The van der Waals surface area contributed by atoms with Gasteiger partial charge in [0.1, 0.15) is 0 Å². The molecule has 7 nitrogen and oxygen atoms in total. The van der Waals surface area contributed by atoms with Gasteiger partial charge >= 0.3 is 0 Å². The molecule has 0 aliphatic rings. The van der Waals surface area contributed by atoms with Crippen LogP contribution in [0.15, 0.2) is 36.5 Å². The number of nitrogens with one attached hydrogen (secondary N) is 1. The topological polar surface area (TPSA) is 124 Å². The molecule has 0 aliphatic heterocycles. The van der Waals surface area contributed by atoms with E-state index in [1.807, 2.05) is 37.3 Å². The number of hydrogen-bond donors (Lipinski definition) is 3. The molecule has 7 heteroatoms. The van der Waals surface area contributed by atoms with Gasteiger partial charge in [0.2, 0.25) is 0 Å². The average Bonchev–Trinajstić information content (AvgIpc) is 3.01. The molecule has 0 bridgehead atoms. The fourth-order valence-electron chi connectivity index (χ4n) is 2.92. The van der Waals surface area contributed by atoms with E-state index < -0.39 is 5.91 Å². The van der Waals surface area contributed by atoms with Crippen LogP contribution in [0.2, 0.25) is 0 Å². The number of hydrogen-bond acceptors (Lipinski definition) is 5. The Morgan fingerprint density at radius 1 is 1.17 bits per heavy atom. The second kappa shape index (κ2) is 5.02. The molecule has 0 spiro atoms. The number of carbonyl (C=O) groups excluding carboxylic acids is 1. The molecule has 0 fully saturated rings. The van der Waals surface area contributed by atoms with Crippen LogP contribution < -0.4 is 11.5 Å². The second-order valence-corrected chi connectivity index (χ2v) is 5.71. The van der Waals surface area contributed by atoms with Gasteiger partial charge in [-0.2, -0.15) is 5.10 Å². The molecule has 5 N–H and O–H groups in total. The standard InChI is InChI=1S/C17H14N6O/c1-8-4-11(9-2-3-10-7-20-21-12(10)6-9)14-13(5-8)22-23-16(15(14)18)17(19)24/h2-7H,1H3,(H2,18,22)(H2,19,24)(H,20,21). The van der Waals surface area contributed by atoms with Gasteiger partial charge in [0.05, 0.1) is 22.9 Å². The van der Waals surface area contributed by atoms with E-state index >= 15 is 0 Å². The predicted octanol–water partition coefficient (Wildman–Crippen LogP) is 2.16. The van der Waals surface area contributed by atoms with Crippen LogP contribution in [0.25, 0.3) is 32.9 Å². The first-order valence-corrected chi connectivity index (χ1v) is 7.34. The summed E-state index contributed by atoms with van der Waals surface area (Å²) in [4.78, 5) is 11.5. The Kier molecular flexibility index (Phi) is 2.96. The van der Waals surface area contributed by atoms with Gasteiger partial charge in [-0.1, -0.05) is 18.2 Å². The third-order valence-corrected chi connectivity index (χ3v) is 4.03. The number of aromatic nitrogens is 4. The molecule has 118 valence electrons. The average molecular weight is 318 g/mol. The molecule has 0 saturated heterocycles. The van der Waals surface area contributed by atoms with E-state index in [0.29, 0.717) is 10.9 Å². The van der Waals surface area contributed by atoms with E-state index in [9.17, 15) is 4.79 Å². The van der Waals surface area contributed by atoms with Crippen LogP contribution in [0.3, 0.4) is 0 Å². The smallest absolute Gasteiger partial charge is 0.271 e. The Balaban J connectivity index is 2.09. The van der Waals surface area contributed by atoms with Crippen LogP contribution in [0.5, 0.6) is 0 Å². The molecule has 2 heterocycles. The van der Waals surface area contributed by atoms with Gasteiger partial charge in [-0.15, -0.1) is 10.2 Å². The van der Waals surface area contributed by atoms with Gasteiger partial charge < -0.3 is 11.5 Å². The SMILES string of the molecule is Cc1cc(-c2ccc3cn[nH]c3c2)c2c(N)c(C(N)=O)nnc2c1. The molecule has 0 atom stereocenters. The van der Waals surface area contributed by atoms with Crippen molar-refractivity contribution in [3.8, 4) is 11.1 Å². The minimum Gasteiger partial charge on any atom is -0.396 e. The van der Waals surface area contributed by atoms with Crippen LogP contribution >= 0.6 is 0 Å². The molecule has 2 aromatic carbocycles. The molecular formula is C17H14N6O. The quantitative estimate of drug-likeness (QED) is 0.522. The summed E-state index contributed by atoms with van der Waals surface area (Å²) >= 11 is 0. The fraction of sp³-hybridized carbons (Fsp3) is 0.0588. The first-order chi connectivity index (χ1) is 11.5. The summed E-state index contributed by atoms with van der Waals surface area (Å²) in [5.41, 5.74) is 16.1. The fourth-order valence-corrected chi connectivity index (χ4v) is 2.92. The molecule has 0 saturated carbocycles. The molecule has 0 radical (unpaired) electrons. The highest BCUT2D eigenvalue weighted by atomic mass is 16.1. The minimum absolute atomic E-state index is 0.0183. The van der Waals surface area contributed by atoms with Crippen LogP contribution in [0.1, 0.15) is 16.1 Å². The predicted molar refractivity (Wildman–Crippen MR) is 92.3 cm³/mol. The van der Waals surface area contributed by atoms with Crippen LogP contribution in [0, 0.1) is 6.92 Å². The Labute approximate surface area is 136 Å². The van der Waals surface area contributed by atoms with E-state index in [0.717, 1.165) is 27.6 Å². The van der Waals surface area contributed by atoms with Crippen LogP contribution in [-0.2, 0) is 0 Å². The molecule has 0 aliphatic carbocycles. The van der Waals surface area contributed by atoms with Crippen LogP contribution in [-0.4, -0.2) is 26.3 Å². The minimum atomic E-state index is -0.697. The second-order valence-electron chi connectivity index (χ2n) is 5.71. The zero-order valence-electron chi connectivity index (χ0n) is 12.9. The van der Waals surface area contributed by atoms with Crippen molar-refractivity contribution in [2.24, 2.45) is 5.73 Å². The Morgan fingerprint density at radius 3 is 2.79 bits per heavy atom. The van der Waals surface area contributed by atoms with Crippen molar-refractivity contribution in [1.82, 2.24) is 20.4 Å². The number of H-pyrrole nitrogens is 1. The summed E-state index contributed by atoms with van der Waals surface area (Å²) in [5.74, 6) is -0.697. The van der Waals surface area contributed by atoms with E-state index in [1.54, 1.807) is 6.20 Å². The number of carbonyl (C=O) groups is 1. The lowest BCUT2D eigenvalue weighted by Gasteiger charge is -2.12. The summed E-state index contributed by atoms with van der Waals surface area (Å²) < 4.78 is 0. The molecule has 4 rings (SSSR count). The number of benzene rings is 2. The highest BCUT2D eigenvalue weighted by Crippen LogP contribution is 2.34. The zero-order valence-corrected chi connectivity index (χ0v) is 12.9. The van der Waals surface area contributed by atoms with Crippen LogP contribution in [0.4, 0.5) is 5.69 Å². The Bertz CT molecular complexity index is 1110.